The molecule has 0 aliphatic heterocycles. The Morgan fingerprint density at radius 1 is 0.667 bits per heavy atom. The highest BCUT2D eigenvalue weighted by Crippen LogP contribution is 1.93. The Balaban J connectivity index is 3.49. The molecule has 0 atom stereocenters. The van der Waals surface area contributed by atoms with E-state index in [1.165, 1.54) is 0 Å². The first-order chi connectivity index (χ1) is 9.49. The molecule has 0 saturated carbocycles. The number of carbonyl (C=O) groups is 2. The summed E-state index contributed by atoms with van der Waals surface area (Å²) in [6.07, 6.45) is 0. The zero-order chi connectivity index (χ0) is 16.5. The van der Waals surface area contributed by atoms with Gasteiger partial charge in [0, 0.05) is 0 Å². The molecule has 0 heterocycles. The van der Waals surface area contributed by atoms with Crippen molar-refractivity contribution in [3.05, 3.63) is 0 Å². The van der Waals surface area contributed by atoms with Crippen LogP contribution in [0.2, 0.25) is 0 Å². The lowest BCUT2D eigenvalue weighted by atomic mass is 10.5. The number of hydrogen-bond donors (Lipinski definition) is 0. The van der Waals surface area contributed by atoms with Gasteiger partial charge < -0.3 is 23.2 Å². The van der Waals surface area contributed by atoms with Crippen LogP contribution in [0.4, 0.5) is 0 Å². The Morgan fingerprint density at radius 2 is 1.00 bits per heavy atom. The third kappa shape index (κ3) is 15.0. The number of quaternary nitrogens is 2. The summed E-state index contributed by atoms with van der Waals surface area (Å²) in [5, 5.41) is 0. The average Bonchev–Trinajstić information content (AvgIpc) is 2.22. The molecule has 21 heavy (non-hydrogen) atoms. The monoisotopic (exact) mass is 306 g/mol. The largest absolute Gasteiger partial charge is 0.459 e. The minimum absolute atomic E-state index is 0.214. The van der Waals surface area contributed by atoms with Crippen LogP contribution in [0, 0.1) is 0 Å². The van der Waals surface area contributed by atoms with Crippen molar-refractivity contribution in [1.29, 1.82) is 0 Å². The van der Waals surface area contributed by atoms with Crippen molar-refractivity contribution in [3.8, 4) is 0 Å². The molecule has 0 spiro atoms. The van der Waals surface area contributed by atoms with Gasteiger partial charge in [-0.1, -0.05) is 0 Å². The van der Waals surface area contributed by atoms with E-state index in [0.29, 0.717) is 35.3 Å². The Hall–Kier alpha value is -1.18. The van der Waals surface area contributed by atoms with Gasteiger partial charge in [0.2, 0.25) is 0 Å². The summed E-state index contributed by atoms with van der Waals surface area (Å²) in [7, 11) is 11.5. The molecule has 0 bridgehead atoms. The van der Waals surface area contributed by atoms with Crippen molar-refractivity contribution in [2.45, 2.75) is 0 Å². The molecule has 0 rings (SSSR count). The van der Waals surface area contributed by atoms with Crippen molar-refractivity contribution in [2.75, 3.05) is 81.8 Å². The summed E-state index contributed by atoms with van der Waals surface area (Å²) in [6.45, 7) is 1.67. The molecule has 0 N–H and O–H groups in total. The number of rotatable bonds is 10. The maximum absolute atomic E-state index is 11.4. The highest BCUT2D eigenvalue weighted by Gasteiger charge is 2.16. The fourth-order valence-corrected chi connectivity index (χ4v) is 1.40. The van der Waals surface area contributed by atoms with E-state index < -0.39 is 0 Å². The lowest BCUT2D eigenvalue weighted by Gasteiger charge is -2.22. The Labute approximate surface area is 127 Å². The highest BCUT2D eigenvalue weighted by molar-refractivity contribution is 5.70. The van der Waals surface area contributed by atoms with Gasteiger partial charge in [-0.05, 0) is 0 Å². The summed E-state index contributed by atoms with van der Waals surface area (Å²) in [6, 6.07) is 0. The van der Waals surface area contributed by atoms with Gasteiger partial charge in [-0.15, -0.1) is 0 Å². The van der Waals surface area contributed by atoms with E-state index in [4.69, 9.17) is 14.2 Å². The van der Waals surface area contributed by atoms with Crippen LogP contribution in [-0.2, 0) is 23.8 Å². The second kappa shape index (κ2) is 8.96. The zero-order valence-electron chi connectivity index (χ0n) is 14.2. The first-order valence-corrected chi connectivity index (χ1v) is 6.99. The molecule has 124 valence electrons. The molecule has 0 unspecified atom stereocenters. The standard InChI is InChI=1S/C14H30N2O5/c1-15(2,3)11-13(17)20-9-7-19-8-10-21-14(18)12-16(4,5)6/h7-12H2,1-6H3/q+2. The molecule has 0 aromatic carbocycles. The lowest BCUT2D eigenvalue weighted by molar-refractivity contribution is -0.862. The van der Waals surface area contributed by atoms with Crippen LogP contribution < -0.4 is 0 Å². The quantitative estimate of drug-likeness (QED) is 0.309. The molecule has 0 aromatic heterocycles. The molecule has 7 nitrogen and oxygen atoms in total. The van der Waals surface area contributed by atoms with E-state index in [1.807, 2.05) is 42.3 Å². The molecule has 7 heteroatoms. The average molecular weight is 306 g/mol. The van der Waals surface area contributed by atoms with Crippen molar-refractivity contribution in [3.63, 3.8) is 0 Å². The number of esters is 2. The maximum Gasteiger partial charge on any atom is 0.361 e. The predicted molar refractivity (Wildman–Crippen MR) is 78.5 cm³/mol. The molecule has 0 aliphatic rings. The summed E-state index contributed by atoms with van der Waals surface area (Å²) in [5.41, 5.74) is 0. The van der Waals surface area contributed by atoms with Gasteiger partial charge in [0.05, 0.1) is 55.5 Å². The first kappa shape index (κ1) is 19.8. The molecule has 0 fully saturated rings. The van der Waals surface area contributed by atoms with Gasteiger partial charge in [-0.2, -0.15) is 0 Å². The topological polar surface area (TPSA) is 61.8 Å². The van der Waals surface area contributed by atoms with Crippen molar-refractivity contribution >= 4 is 11.9 Å². The van der Waals surface area contributed by atoms with Gasteiger partial charge in [0.15, 0.2) is 13.1 Å². The van der Waals surface area contributed by atoms with E-state index in [-0.39, 0.29) is 25.2 Å². The van der Waals surface area contributed by atoms with E-state index in [2.05, 4.69) is 0 Å². The second-order valence-electron chi connectivity index (χ2n) is 6.95. The summed E-state index contributed by atoms with van der Waals surface area (Å²) >= 11 is 0. The van der Waals surface area contributed by atoms with Gasteiger partial charge in [-0.25, -0.2) is 9.59 Å². The molecular formula is C14H30N2O5+2. The van der Waals surface area contributed by atoms with Crippen LogP contribution in [-0.4, -0.2) is 103 Å². The Morgan fingerprint density at radius 3 is 1.29 bits per heavy atom. The molecule has 0 saturated heterocycles. The third-order valence-corrected chi connectivity index (χ3v) is 2.19. The predicted octanol–water partition coefficient (Wildman–Crippen LogP) is -0.498. The van der Waals surface area contributed by atoms with Gasteiger partial charge in [0.1, 0.15) is 13.2 Å². The van der Waals surface area contributed by atoms with Gasteiger partial charge in [0.25, 0.3) is 0 Å². The fourth-order valence-electron chi connectivity index (χ4n) is 1.40. The molecule has 0 amide bonds. The molecular weight excluding hydrogens is 276 g/mol. The number of hydrogen-bond acceptors (Lipinski definition) is 5. The van der Waals surface area contributed by atoms with E-state index in [9.17, 15) is 9.59 Å². The first-order valence-electron chi connectivity index (χ1n) is 6.99. The van der Waals surface area contributed by atoms with E-state index in [0.717, 1.165) is 0 Å². The number of carbonyl (C=O) groups excluding carboxylic acids is 2. The summed E-state index contributed by atoms with van der Waals surface area (Å²) in [5.74, 6) is -0.499. The molecule has 0 aromatic rings. The lowest BCUT2D eigenvalue weighted by Crippen LogP contribution is -2.40. The zero-order valence-corrected chi connectivity index (χ0v) is 14.2. The minimum atomic E-state index is -0.250. The van der Waals surface area contributed by atoms with Crippen LogP contribution in [0.3, 0.4) is 0 Å². The Bertz CT molecular complexity index is 299. The summed E-state index contributed by atoms with van der Waals surface area (Å²) in [4.78, 5) is 22.8. The van der Waals surface area contributed by atoms with Crippen molar-refractivity contribution in [2.24, 2.45) is 0 Å². The summed E-state index contributed by atoms with van der Waals surface area (Å²) < 4.78 is 16.3. The normalized spacial score (nSPS) is 12.1. The van der Waals surface area contributed by atoms with Crippen LogP contribution in [0.25, 0.3) is 0 Å². The van der Waals surface area contributed by atoms with Crippen molar-refractivity contribution < 1.29 is 32.8 Å². The minimum Gasteiger partial charge on any atom is -0.459 e. The fraction of sp³-hybridized carbons (Fsp3) is 0.857. The van der Waals surface area contributed by atoms with Crippen LogP contribution in [0.5, 0.6) is 0 Å². The SMILES string of the molecule is C[N+](C)(C)CC(=O)OCCOCCOC(=O)C[N+](C)(C)C. The Kier molecular flexibility index (Phi) is 8.46. The molecule has 0 radical (unpaired) electrons. The van der Waals surface area contributed by atoms with Crippen LogP contribution >= 0.6 is 0 Å². The van der Waals surface area contributed by atoms with E-state index >= 15 is 0 Å². The van der Waals surface area contributed by atoms with E-state index in [1.54, 1.807) is 0 Å². The number of ether oxygens (including phenoxy) is 3. The highest BCUT2D eigenvalue weighted by atomic mass is 16.6. The third-order valence-electron chi connectivity index (χ3n) is 2.19. The number of likely N-dealkylation sites (N-methyl/N-ethyl adjacent to an activating group) is 2. The van der Waals surface area contributed by atoms with Gasteiger partial charge in [-0.3, -0.25) is 0 Å². The number of nitrogens with zero attached hydrogens (tertiary/aromatic N) is 2. The second-order valence-corrected chi connectivity index (χ2v) is 6.95. The molecule has 0 aliphatic carbocycles. The maximum atomic E-state index is 11.4. The smallest absolute Gasteiger partial charge is 0.361 e. The van der Waals surface area contributed by atoms with Crippen LogP contribution in [0.15, 0.2) is 0 Å². The van der Waals surface area contributed by atoms with Crippen molar-refractivity contribution in [1.82, 2.24) is 0 Å². The van der Waals surface area contributed by atoms with Crippen LogP contribution in [0.1, 0.15) is 0 Å². The van der Waals surface area contributed by atoms with Gasteiger partial charge >= 0.3 is 11.9 Å².